The van der Waals surface area contributed by atoms with Crippen LogP contribution < -0.4 is 21.5 Å². The Labute approximate surface area is 237 Å². The highest BCUT2D eigenvalue weighted by atomic mass is 16.5. The minimum atomic E-state index is -0.828. The van der Waals surface area contributed by atoms with Crippen LogP contribution in [-0.2, 0) is 20.7 Å². The van der Waals surface area contributed by atoms with Gasteiger partial charge < -0.3 is 25.1 Å². The van der Waals surface area contributed by atoms with Gasteiger partial charge in [0, 0.05) is 35.3 Å². The average molecular weight is 553 g/mol. The molecule has 9 nitrogen and oxygen atoms in total. The lowest BCUT2D eigenvalue weighted by Crippen LogP contribution is -2.36. The highest BCUT2D eigenvalue weighted by Crippen LogP contribution is 2.30. The maximum absolute atomic E-state index is 14.0. The van der Waals surface area contributed by atoms with Crippen LogP contribution >= 0.6 is 0 Å². The molecule has 0 radical (unpaired) electrons. The first-order valence-electron chi connectivity index (χ1n) is 13.6. The van der Waals surface area contributed by atoms with Gasteiger partial charge in [-0.15, -0.1) is 0 Å². The molecule has 210 valence electrons. The molecule has 3 aromatic carbocycles. The second-order valence-electron chi connectivity index (χ2n) is 10.2. The molecule has 3 atom stereocenters. The molecule has 0 saturated heterocycles. The van der Waals surface area contributed by atoms with Crippen LogP contribution in [0.1, 0.15) is 60.5 Å². The number of aryl methyl sites for hydroxylation is 1. The van der Waals surface area contributed by atoms with Gasteiger partial charge in [0.15, 0.2) is 0 Å². The summed E-state index contributed by atoms with van der Waals surface area (Å²) in [6, 6.07) is 18.5. The van der Waals surface area contributed by atoms with E-state index in [4.69, 9.17) is 4.74 Å². The van der Waals surface area contributed by atoms with Gasteiger partial charge in [-0.3, -0.25) is 14.9 Å². The second kappa shape index (κ2) is 12.1. The topological polar surface area (TPSA) is 129 Å². The monoisotopic (exact) mass is 552 g/mol. The zero-order valence-electron chi connectivity index (χ0n) is 22.9. The molecule has 2 amide bonds. The number of pyridine rings is 1. The largest absolute Gasteiger partial charge is 0.449 e. The zero-order valence-corrected chi connectivity index (χ0v) is 22.9. The number of fused-ring (bicyclic) bond motifs is 10. The molecule has 1 unspecified atom stereocenters. The number of aldehydes is 1. The summed E-state index contributed by atoms with van der Waals surface area (Å²) in [5.41, 5.74) is 4.30. The van der Waals surface area contributed by atoms with Crippen molar-refractivity contribution in [1.82, 2.24) is 10.3 Å². The number of aromatic nitrogens is 1. The van der Waals surface area contributed by atoms with E-state index in [-0.39, 0.29) is 30.4 Å². The number of H-pyrrole nitrogens is 1. The van der Waals surface area contributed by atoms with Crippen LogP contribution in [0.25, 0.3) is 10.8 Å². The normalized spacial score (nSPS) is 19.2. The van der Waals surface area contributed by atoms with E-state index in [0.29, 0.717) is 28.7 Å². The predicted octanol–water partition coefficient (Wildman–Crippen LogP) is 5.36. The summed E-state index contributed by atoms with van der Waals surface area (Å²) in [4.78, 5) is 53.3. The molecule has 4 N–H and O–H groups in total. The van der Waals surface area contributed by atoms with E-state index < -0.39 is 18.2 Å². The number of nitrogens with one attached hydrogen (secondary N) is 4. The molecule has 2 aliphatic heterocycles. The van der Waals surface area contributed by atoms with Crippen LogP contribution in [0.5, 0.6) is 0 Å². The molecule has 41 heavy (non-hydrogen) atoms. The molecule has 0 aliphatic carbocycles. The van der Waals surface area contributed by atoms with Gasteiger partial charge in [0.2, 0.25) is 5.91 Å². The number of anilines is 2. The first-order chi connectivity index (χ1) is 19.9. The fourth-order valence-corrected chi connectivity index (χ4v) is 5.24. The van der Waals surface area contributed by atoms with Gasteiger partial charge in [0.25, 0.3) is 5.56 Å². The van der Waals surface area contributed by atoms with E-state index in [1.54, 1.807) is 36.5 Å². The van der Waals surface area contributed by atoms with Crippen LogP contribution in [0.4, 0.5) is 16.2 Å². The summed E-state index contributed by atoms with van der Waals surface area (Å²) < 4.78 is 5.53. The number of hydrogen-bond acceptors (Lipinski definition) is 6. The fourth-order valence-electron chi connectivity index (χ4n) is 5.24. The Morgan fingerprint density at radius 2 is 1.85 bits per heavy atom. The van der Waals surface area contributed by atoms with E-state index in [1.165, 1.54) is 0 Å². The molecule has 0 saturated carbocycles. The van der Waals surface area contributed by atoms with Crippen molar-refractivity contribution in [3.05, 3.63) is 106 Å². The zero-order chi connectivity index (χ0) is 28.9. The highest BCUT2D eigenvalue weighted by Gasteiger charge is 2.26. The third-order valence-electron chi connectivity index (χ3n) is 7.41. The lowest BCUT2D eigenvalue weighted by atomic mass is 9.91. The SMILES string of the molecule is CCc1cc2ccc1[C@@H](C)COC(=O)Nc1cccc(c1)C(CC=O)NC(=O)[C@@H]2Nc1ccc2cc[nH]c(=O)c2c1. The third-order valence-corrected chi connectivity index (χ3v) is 7.41. The molecular weight excluding hydrogens is 520 g/mol. The quantitative estimate of drug-likeness (QED) is 0.247. The number of carbonyl (C=O) groups excluding carboxylic acids is 3. The first-order valence-corrected chi connectivity index (χ1v) is 13.6. The highest BCUT2D eigenvalue weighted by molar-refractivity contribution is 5.89. The van der Waals surface area contributed by atoms with Crippen LogP contribution in [0.15, 0.2) is 77.7 Å². The predicted molar refractivity (Wildman–Crippen MR) is 158 cm³/mol. The van der Waals surface area contributed by atoms with Gasteiger partial charge in [-0.2, -0.15) is 0 Å². The average Bonchev–Trinajstić information content (AvgIpc) is 2.98. The molecule has 2 aliphatic rings. The van der Waals surface area contributed by atoms with E-state index in [9.17, 15) is 19.2 Å². The Morgan fingerprint density at radius 1 is 1.00 bits per heavy atom. The Hall–Kier alpha value is -4.92. The molecule has 4 bridgehead atoms. The van der Waals surface area contributed by atoms with Gasteiger partial charge in [-0.1, -0.05) is 50.2 Å². The number of amides is 2. The molecule has 1 aromatic heterocycles. The number of carbonyl (C=O) groups is 3. The lowest BCUT2D eigenvalue weighted by Gasteiger charge is -2.26. The Kier molecular flexibility index (Phi) is 8.14. The maximum Gasteiger partial charge on any atom is 0.411 e. The van der Waals surface area contributed by atoms with Crippen LogP contribution in [0, 0.1) is 0 Å². The minimum Gasteiger partial charge on any atom is -0.449 e. The summed E-state index contributed by atoms with van der Waals surface area (Å²) in [7, 11) is 0. The standard InChI is InChI=1S/C32H32N4O5/c1-3-20-15-23-8-10-26(20)19(2)18-41-32(40)35-24-6-4-5-22(16-24)28(12-14-37)36-31(39)29(23)34-25-9-7-21-11-13-33-30(38)27(21)17-25/h4-11,13-17,19,28-29,34H,3,12,18H2,1-2H3,(H,33,38)(H,35,40)(H,36,39)/t19-,28?,29+/m0/s1. The number of benzene rings is 3. The molecule has 0 spiro atoms. The number of rotatable bonds is 5. The van der Waals surface area contributed by atoms with Gasteiger partial charge in [-0.25, -0.2) is 4.79 Å². The van der Waals surface area contributed by atoms with Crippen molar-refractivity contribution in [3.8, 4) is 0 Å². The first kappa shape index (κ1) is 27.6. The molecule has 3 heterocycles. The molecule has 4 aromatic rings. The molecular formula is C32H32N4O5. The van der Waals surface area contributed by atoms with Crippen molar-refractivity contribution in [2.45, 2.75) is 44.7 Å². The smallest absolute Gasteiger partial charge is 0.411 e. The van der Waals surface area contributed by atoms with Crippen molar-refractivity contribution < 1.29 is 19.1 Å². The Balaban J connectivity index is 1.60. The van der Waals surface area contributed by atoms with Crippen LogP contribution in [-0.4, -0.2) is 29.9 Å². The van der Waals surface area contributed by atoms with Crippen molar-refractivity contribution in [2.75, 3.05) is 17.2 Å². The summed E-state index contributed by atoms with van der Waals surface area (Å²) in [6.07, 6.45) is 2.51. The lowest BCUT2D eigenvalue weighted by molar-refractivity contribution is -0.122. The summed E-state index contributed by atoms with van der Waals surface area (Å²) in [5.74, 6) is -0.417. The van der Waals surface area contributed by atoms with E-state index >= 15 is 0 Å². The van der Waals surface area contributed by atoms with Gasteiger partial charge in [0.1, 0.15) is 12.3 Å². The van der Waals surface area contributed by atoms with Gasteiger partial charge >= 0.3 is 6.09 Å². The number of hydrogen-bond donors (Lipinski definition) is 4. The fraction of sp³-hybridized carbons (Fsp3) is 0.250. The molecule has 9 heteroatoms. The summed E-state index contributed by atoms with van der Waals surface area (Å²) >= 11 is 0. The maximum atomic E-state index is 14.0. The third kappa shape index (κ3) is 6.14. The molecule has 6 rings (SSSR count). The van der Waals surface area contributed by atoms with Crippen LogP contribution in [0.3, 0.4) is 0 Å². The minimum absolute atomic E-state index is 0.0361. The van der Waals surface area contributed by atoms with E-state index in [2.05, 4.69) is 20.9 Å². The second-order valence-corrected chi connectivity index (χ2v) is 10.2. The van der Waals surface area contributed by atoms with E-state index in [1.807, 2.05) is 50.2 Å². The van der Waals surface area contributed by atoms with Crippen molar-refractivity contribution in [3.63, 3.8) is 0 Å². The van der Waals surface area contributed by atoms with Crippen LogP contribution in [0.2, 0.25) is 0 Å². The molecule has 0 fully saturated rings. The Morgan fingerprint density at radius 3 is 2.66 bits per heavy atom. The van der Waals surface area contributed by atoms with E-state index in [0.717, 1.165) is 28.4 Å². The van der Waals surface area contributed by atoms with Crippen molar-refractivity contribution in [1.29, 1.82) is 0 Å². The van der Waals surface area contributed by atoms with Gasteiger partial charge in [0.05, 0.1) is 12.6 Å². The number of aromatic amines is 1. The Bertz CT molecular complexity index is 1660. The van der Waals surface area contributed by atoms with Gasteiger partial charge in [-0.05, 0) is 64.4 Å². The number of ether oxygens (including phenoxy) is 1. The summed E-state index contributed by atoms with van der Waals surface area (Å²) in [6.45, 7) is 4.20. The van der Waals surface area contributed by atoms with Crippen molar-refractivity contribution in [2.24, 2.45) is 0 Å². The van der Waals surface area contributed by atoms with Crippen molar-refractivity contribution >= 4 is 40.4 Å². The summed E-state index contributed by atoms with van der Waals surface area (Å²) in [5, 5.41) is 10.4.